The first kappa shape index (κ1) is 20.3. The van der Waals surface area contributed by atoms with Crippen molar-refractivity contribution in [3.05, 3.63) is 30.1 Å². The molecule has 0 bridgehead atoms. The van der Waals surface area contributed by atoms with Gasteiger partial charge in [0.1, 0.15) is 5.82 Å². The minimum Gasteiger partial charge on any atom is -0.389 e. The van der Waals surface area contributed by atoms with Crippen molar-refractivity contribution in [2.75, 3.05) is 26.2 Å². The second-order valence-corrected chi connectivity index (χ2v) is 8.40. The number of halogens is 1. The lowest BCUT2D eigenvalue weighted by atomic mass is 10.1. The van der Waals surface area contributed by atoms with Gasteiger partial charge in [0, 0.05) is 12.6 Å². The molecule has 0 saturated carbocycles. The molecule has 0 spiro atoms. The molecule has 0 aromatic heterocycles. The molecule has 0 radical (unpaired) electrons. The maximum Gasteiger partial charge on any atom is 0.240 e. The van der Waals surface area contributed by atoms with Gasteiger partial charge in [-0.25, -0.2) is 17.5 Å². The molecule has 1 fully saturated rings. The van der Waals surface area contributed by atoms with E-state index in [9.17, 15) is 17.9 Å². The number of hydrogen-bond donors (Lipinski definition) is 2. The molecule has 0 amide bonds. The fourth-order valence-electron chi connectivity index (χ4n) is 2.79. The number of β-amino-alcohol motifs (C(OH)–C–C–N with tert-alkyl or cyclic N) is 1. The van der Waals surface area contributed by atoms with E-state index in [1.807, 2.05) is 13.8 Å². The van der Waals surface area contributed by atoms with E-state index in [2.05, 4.69) is 9.62 Å². The molecule has 1 aromatic carbocycles. The first-order valence-corrected chi connectivity index (χ1v) is 10.0. The Labute approximate surface area is 149 Å². The molecular formula is C17H27FN2O4S. The Morgan fingerprint density at radius 2 is 1.88 bits per heavy atom. The van der Waals surface area contributed by atoms with E-state index in [0.29, 0.717) is 39.1 Å². The summed E-state index contributed by atoms with van der Waals surface area (Å²) in [5.41, 5.74) is 0. The van der Waals surface area contributed by atoms with Crippen LogP contribution in [0.2, 0.25) is 0 Å². The van der Waals surface area contributed by atoms with Gasteiger partial charge in [-0.3, -0.25) is 0 Å². The van der Waals surface area contributed by atoms with E-state index in [1.54, 1.807) is 0 Å². The largest absolute Gasteiger partial charge is 0.389 e. The van der Waals surface area contributed by atoms with Crippen LogP contribution >= 0.6 is 0 Å². The summed E-state index contributed by atoms with van der Waals surface area (Å²) in [5.74, 6) is -0.465. The molecule has 1 unspecified atom stereocenters. The standard InChI is InChI=1S/C17H27FN2O4S/c1-13(2)24-12-16(21)11-20-9-7-15(8-10-20)19-25(22,23)17-5-3-14(18)4-6-17/h3-6,13,15-16,19,21H,7-12H2,1-2H3. The summed E-state index contributed by atoms with van der Waals surface area (Å²) in [6.07, 6.45) is 0.868. The van der Waals surface area contributed by atoms with E-state index in [-0.39, 0.29) is 17.0 Å². The Kier molecular flexibility index (Phi) is 7.33. The lowest BCUT2D eigenvalue weighted by molar-refractivity contribution is -0.0112. The first-order valence-electron chi connectivity index (χ1n) is 8.56. The number of nitrogens with one attached hydrogen (secondary N) is 1. The van der Waals surface area contributed by atoms with Crippen molar-refractivity contribution >= 4 is 10.0 Å². The number of likely N-dealkylation sites (tertiary alicyclic amines) is 1. The third-order valence-corrected chi connectivity index (χ3v) is 5.66. The summed E-state index contributed by atoms with van der Waals surface area (Å²) in [6.45, 7) is 6.07. The summed E-state index contributed by atoms with van der Waals surface area (Å²) in [7, 11) is -3.64. The highest BCUT2D eigenvalue weighted by atomic mass is 32.2. The van der Waals surface area contributed by atoms with Crippen LogP contribution in [0, 0.1) is 5.82 Å². The summed E-state index contributed by atoms with van der Waals surface area (Å²) in [5, 5.41) is 9.96. The Bertz CT molecular complexity index is 629. The second kappa shape index (κ2) is 9.05. The first-order chi connectivity index (χ1) is 11.8. The van der Waals surface area contributed by atoms with Crippen LogP contribution in [0.15, 0.2) is 29.2 Å². The van der Waals surface area contributed by atoms with Crippen molar-refractivity contribution in [2.24, 2.45) is 0 Å². The fourth-order valence-corrected chi connectivity index (χ4v) is 4.09. The predicted molar refractivity (Wildman–Crippen MR) is 93.3 cm³/mol. The number of sulfonamides is 1. The third-order valence-electron chi connectivity index (χ3n) is 4.12. The summed E-state index contributed by atoms with van der Waals surface area (Å²) in [4.78, 5) is 2.18. The van der Waals surface area contributed by atoms with Gasteiger partial charge in [-0.1, -0.05) is 0 Å². The van der Waals surface area contributed by atoms with Crippen molar-refractivity contribution in [2.45, 2.75) is 49.8 Å². The molecule has 8 heteroatoms. The van der Waals surface area contributed by atoms with Crippen LogP contribution in [0.5, 0.6) is 0 Å². The van der Waals surface area contributed by atoms with Crippen molar-refractivity contribution in [1.29, 1.82) is 0 Å². The Balaban J connectivity index is 1.79. The Hall–Kier alpha value is -1.06. The zero-order valence-corrected chi connectivity index (χ0v) is 15.5. The molecule has 1 saturated heterocycles. The van der Waals surface area contributed by atoms with Crippen molar-refractivity contribution in [3.63, 3.8) is 0 Å². The van der Waals surface area contributed by atoms with Gasteiger partial charge in [-0.2, -0.15) is 0 Å². The molecule has 1 aliphatic rings. The highest BCUT2D eigenvalue weighted by Crippen LogP contribution is 2.16. The smallest absolute Gasteiger partial charge is 0.240 e. The lowest BCUT2D eigenvalue weighted by Crippen LogP contribution is -2.47. The fraction of sp³-hybridized carbons (Fsp3) is 0.647. The number of piperidine rings is 1. The van der Waals surface area contributed by atoms with Crippen molar-refractivity contribution < 1.29 is 22.7 Å². The summed E-state index contributed by atoms with van der Waals surface area (Å²) in [6, 6.07) is 4.64. The SMILES string of the molecule is CC(C)OCC(O)CN1CCC(NS(=O)(=O)c2ccc(F)cc2)CC1. The second-order valence-electron chi connectivity index (χ2n) is 6.69. The number of benzene rings is 1. The molecule has 1 aromatic rings. The molecule has 1 aliphatic heterocycles. The van der Waals surface area contributed by atoms with Crippen LogP contribution in [0.25, 0.3) is 0 Å². The van der Waals surface area contributed by atoms with Crippen LogP contribution in [0.3, 0.4) is 0 Å². The maximum absolute atomic E-state index is 12.9. The molecular weight excluding hydrogens is 347 g/mol. The molecule has 25 heavy (non-hydrogen) atoms. The normalized spacial score (nSPS) is 18.6. The molecule has 6 nitrogen and oxygen atoms in total. The lowest BCUT2D eigenvalue weighted by Gasteiger charge is -2.33. The van der Waals surface area contributed by atoms with Gasteiger partial charge < -0.3 is 14.7 Å². The summed E-state index contributed by atoms with van der Waals surface area (Å²) < 4.78 is 45.6. The van der Waals surface area contributed by atoms with Gasteiger partial charge in [-0.05, 0) is 64.0 Å². The average Bonchev–Trinajstić information content (AvgIpc) is 2.55. The average molecular weight is 374 g/mol. The molecule has 142 valence electrons. The monoisotopic (exact) mass is 374 g/mol. The number of ether oxygens (including phenoxy) is 1. The highest BCUT2D eigenvalue weighted by molar-refractivity contribution is 7.89. The molecule has 1 atom stereocenters. The van der Waals surface area contributed by atoms with Gasteiger partial charge in [0.05, 0.1) is 23.7 Å². The van der Waals surface area contributed by atoms with Gasteiger partial charge in [0.25, 0.3) is 0 Å². The number of aliphatic hydroxyl groups excluding tert-OH is 1. The zero-order valence-electron chi connectivity index (χ0n) is 14.7. The number of aliphatic hydroxyl groups is 1. The number of hydrogen-bond acceptors (Lipinski definition) is 5. The third kappa shape index (κ3) is 6.63. The van der Waals surface area contributed by atoms with Gasteiger partial charge in [0.15, 0.2) is 0 Å². The van der Waals surface area contributed by atoms with Crippen LogP contribution < -0.4 is 4.72 Å². The molecule has 1 heterocycles. The van der Waals surface area contributed by atoms with Crippen LogP contribution in [0.1, 0.15) is 26.7 Å². The van der Waals surface area contributed by atoms with Crippen LogP contribution in [-0.4, -0.2) is 62.9 Å². The zero-order chi connectivity index (χ0) is 18.4. The van der Waals surface area contributed by atoms with E-state index >= 15 is 0 Å². The van der Waals surface area contributed by atoms with Crippen LogP contribution in [0.4, 0.5) is 4.39 Å². The van der Waals surface area contributed by atoms with Gasteiger partial charge in [-0.15, -0.1) is 0 Å². The molecule has 0 aliphatic carbocycles. The van der Waals surface area contributed by atoms with E-state index in [4.69, 9.17) is 4.74 Å². The van der Waals surface area contributed by atoms with Crippen molar-refractivity contribution in [1.82, 2.24) is 9.62 Å². The highest BCUT2D eigenvalue weighted by Gasteiger charge is 2.25. The minimum absolute atomic E-state index is 0.0672. The summed E-state index contributed by atoms with van der Waals surface area (Å²) >= 11 is 0. The van der Waals surface area contributed by atoms with E-state index in [0.717, 1.165) is 12.1 Å². The minimum atomic E-state index is -3.64. The number of rotatable bonds is 8. The van der Waals surface area contributed by atoms with E-state index < -0.39 is 21.9 Å². The Morgan fingerprint density at radius 1 is 1.28 bits per heavy atom. The van der Waals surface area contributed by atoms with Gasteiger partial charge in [0.2, 0.25) is 10.0 Å². The predicted octanol–water partition coefficient (Wildman–Crippen LogP) is 1.35. The molecule has 2 rings (SSSR count). The Morgan fingerprint density at radius 3 is 2.44 bits per heavy atom. The topological polar surface area (TPSA) is 78.9 Å². The molecule has 2 N–H and O–H groups in total. The maximum atomic E-state index is 12.9. The van der Waals surface area contributed by atoms with Crippen LogP contribution in [-0.2, 0) is 14.8 Å². The number of nitrogens with zero attached hydrogens (tertiary/aromatic N) is 1. The van der Waals surface area contributed by atoms with Crippen molar-refractivity contribution in [3.8, 4) is 0 Å². The van der Waals surface area contributed by atoms with Gasteiger partial charge >= 0.3 is 0 Å². The quantitative estimate of drug-likeness (QED) is 0.718. The van der Waals surface area contributed by atoms with E-state index in [1.165, 1.54) is 12.1 Å².